The Bertz CT molecular complexity index is 1600. The Labute approximate surface area is 246 Å². The Balaban J connectivity index is 1.49. The van der Waals surface area contributed by atoms with Crippen molar-refractivity contribution in [3.8, 4) is 5.75 Å². The number of esters is 1. The van der Waals surface area contributed by atoms with Crippen molar-refractivity contribution in [2.45, 2.75) is 44.9 Å². The number of aromatic amines is 1. The SMILES string of the molecule is C[C@H](NP(=O)(OC[C@@H](O[C@H](CO)n1cnc2c(=O)[nH]c(N)nc21)[C@@H](C)O)Oc1ccccc1)C(=O)OCc1ccccc1. The number of aromatic nitrogens is 4. The predicted molar refractivity (Wildman–Crippen MR) is 155 cm³/mol. The maximum atomic E-state index is 13.9. The van der Waals surface area contributed by atoms with Crippen molar-refractivity contribution in [2.75, 3.05) is 18.9 Å². The number of fused-ring (bicyclic) bond motifs is 1. The first-order valence-electron chi connectivity index (χ1n) is 13.2. The molecule has 2 aromatic heterocycles. The van der Waals surface area contributed by atoms with Crippen LogP contribution in [0.3, 0.4) is 0 Å². The molecule has 6 N–H and O–H groups in total. The van der Waals surface area contributed by atoms with Crippen LogP contribution >= 0.6 is 7.75 Å². The van der Waals surface area contributed by atoms with Gasteiger partial charge in [-0.1, -0.05) is 48.5 Å². The van der Waals surface area contributed by atoms with E-state index in [1.807, 2.05) is 18.2 Å². The molecule has 0 aliphatic carbocycles. The number of nitrogens with two attached hydrogens (primary N) is 1. The minimum Gasteiger partial charge on any atom is -0.460 e. The quantitative estimate of drug-likeness (QED) is 0.0954. The van der Waals surface area contributed by atoms with E-state index in [1.165, 1.54) is 24.7 Å². The van der Waals surface area contributed by atoms with Crippen molar-refractivity contribution in [2.24, 2.45) is 0 Å². The number of carbonyl (C=O) groups excluding carboxylic acids is 1. The topological polar surface area (TPSA) is 213 Å². The molecular weight excluding hydrogens is 583 g/mol. The molecule has 0 saturated carbocycles. The average molecular weight is 617 g/mol. The van der Waals surface area contributed by atoms with Crippen LogP contribution in [0.25, 0.3) is 11.2 Å². The van der Waals surface area contributed by atoms with Crippen LogP contribution < -0.4 is 20.9 Å². The second-order valence-electron chi connectivity index (χ2n) is 9.47. The van der Waals surface area contributed by atoms with E-state index in [9.17, 15) is 24.4 Å². The fourth-order valence-corrected chi connectivity index (χ4v) is 5.37. The second-order valence-corrected chi connectivity index (χ2v) is 11.2. The van der Waals surface area contributed by atoms with Gasteiger partial charge >= 0.3 is 13.7 Å². The summed E-state index contributed by atoms with van der Waals surface area (Å²) >= 11 is 0. The van der Waals surface area contributed by atoms with Crippen LogP contribution in [-0.4, -0.2) is 67.2 Å². The third-order valence-electron chi connectivity index (χ3n) is 6.09. The lowest BCUT2D eigenvalue weighted by molar-refractivity contribution is -0.146. The first-order chi connectivity index (χ1) is 20.6. The number of aliphatic hydroxyl groups is 2. The molecule has 1 unspecified atom stereocenters. The number of ether oxygens (including phenoxy) is 2. The Morgan fingerprint density at radius 2 is 1.81 bits per heavy atom. The molecule has 2 aromatic carbocycles. The summed E-state index contributed by atoms with van der Waals surface area (Å²) in [6, 6.07) is 16.1. The van der Waals surface area contributed by atoms with Gasteiger partial charge < -0.3 is 29.9 Å². The fourth-order valence-electron chi connectivity index (χ4n) is 3.87. The summed E-state index contributed by atoms with van der Waals surface area (Å²) < 4.78 is 37.7. The Hall–Kier alpha value is -4.11. The molecule has 0 radical (unpaired) electrons. The molecule has 4 rings (SSSR count). The molecule has 43 heavy (non-hydrogen) atoms. The normalized spacial score (nSPS) is 15.7. The number of aliphatic hydroxyl groups excluding tert-OH is 2. The van der Waals surface area contributed by atoms with Crippen LogP contribution in [0.1, 0.15) is 25.6 Å². The van der Waals surface area contributed by atoms with E-state index >= 15 is 0 Å². The lowest BCUT2D eigenvalue weighted by Crippen LogP contribution is -2.38. The molecular formula is C27H33N6O9P. The summed E-state index contributed by atoms with van der Waals surface area (Å²) in [5.74, 6) is -0.695. The van der Waals surface area contributed by atoms with E-state index in [0.717, 1.165) is 5.56 Å². The molecule has 5 atom stereocenters. The van der Waals surface area contributed by atoms with E-state index in [4.69, 9.17) is 24.3 Å². The van der Waals surface area contributed by atoms with Gasteiger partial charge in [0.1, 0.15) is 24.5 Å². The average Bonchev–Trinajstić information content (AvgIpc) is 3.40. The minimum absolute atomic E-state index is 0.00614. The fraction of sp³-hybridized carbons (Fsp3) is 0.333. The third kappa shape index (κ3) is 8.47. The summed E-state index contributed by atoms with van der Waals surface area (Å²) in [5.41, 5.74) is 5.83. The highest BCUT2D eigenvalue weighted by Gasteiger charge is 2.35. The van der Waals surface area contributed by atoms with E-state index in [2.05, 4.69) is 20.0 Å². The lowest BCUT2D eigenvalue weighted by Gasteiger charge is -2.29. The van der Waals surface area contributed by atoms with E-state index in [1.54, 1.807) is 42.5 Å². The van der Waals surface area contributed by atoms with Gasteiger partial charge in [0.15, 0.2) is 17.4 Å². The molecule has 16 heteroatoms. The van der Waals surface area contributed by atoms with Crippen LogP contribution in [0.4, 0.5) is 5.95 Å². The van der Waals surface area contributed by atoms with Gasteiger partial charge in [0, 0.05) is 0 Å². The number of rotatable bonds is 15. The van der Waals surface area contributed by atoms with Crippen LogP contribution in [0.5, 0.6) is 5.75 Å². The van der Waals surface area contributed by atoms with Crippen LogP contribution in [-0.2, 0) is 30.0 Å². The van der Waals surface area contributed by atoms with Crippen LogP contribution in [0.15, 0.2) is 71.8 Å². The first-order valence-corrected chi connectivity index (χ1v) is 14.8. The van der Waals surface area contributed by atoms with Crippen molar-refractivity contribution in [1.29, 1.82) is 0 Å². The number of para-hydroxylation sites is 1. The molecule has 230 valence electrons. The van der Waals surface area contributed by atoms with Gasteiger partial charge in [0.25, 0.3) is 5.56 Å². The van der Waals surface area contributed by atoms with E-state index in [0.29, 0.717) is 0 Å². The summed E-state index contributed by atoms with van der Waals surface area (Å²) in [6.07, 6.45) is -2.37. The molecule has 0 amide bonds. The van der Waals surface area contributed by atoms with Gasteiger partial charge in [-0.15, -0.1) is 0 Å². The van der Waals surface area contributed by atoms with Gasteiger partial charge in [0.05, 0.1) is 25.6 Å². The predicted octanol–water partition coefficient (Wildman–Crippen LogP) is 1.88. The molecule has 0 fully saturated rings. The third-order valence-corrected chi connectivity index (χ3v) is 7.74. The molecule has 15 nitrogen and oxygen atoms in total. The highest BCUT2D eigenvalue weighted by Crippen LogP contribution is 2.45. The molecule has 0 aliphatic heterocycles. The first kappa shape index (κ1) is 31.8. The summed E-state index contributed by atoms with van der Waals surface area (Å²) in [4.78, 5) is 35.2. The number of benzene rings is 2. The van der Waals surface area contributed by atoms with Gasteiger partial charge in [-0.25, -0.2) is 9.55 Å². The van der Waals surface area contributed by atoms with Crippen molar-refractivity contribution in [3.63, 3.8) is 0 Å². The standard InChI is InChI=1S/C27H33N6O9P/c1-17(26(37)39-14-19-9-5-3-6-10-19)32-43(38,42-20-11-7-4-8-12-20)40-15-21(18(2)35)41-22(13-34)33-16-29-23-24(33)30-27(28)31-25(23)36/h3-12,16-18,21-22,34-35H,13-15H2,1-2H3,(H,32,38)(H3,28,30,31,36)/t17-,18+,21+,22+,43?/m0/s1. The van der Waals surface area contributed by atoms with Crippen LogP contribution in [0.2, 0.25) is 0 Å². The number of carbonyl (C=O) groups is 1. The van der Waals surface area contributed by atoms with E-state index in [-0.39, 0.29) is 29.5 Å². The molecule has 0 spiro atoms. The van der Waals surface area contributed by atoms with Crippen molar-refractivity contribution in [3.05, 3.63) is 82.9 Å². The van der Waals surface area contributed by atoms with Crippen molar-refractivity contribution < 1.29 is 38.1 Å². The van der Waals surface area contributed by atoms with Gasteiger partial charge in [-0.2, -0.15) is 10.1 Å². The number of hydrogen-bond donors (Lipinski definition) is 5. The zero-order valence-corrected chi connectivity index (χ0v) is 24.3. The number of imidazole rings is 1. The number of nitrogens with zero attached hydrogens (tertiary/aromatic N) is 3. The van der Waals surface area contributed by atoms with Crippen molar-refractivity contribution in [1.82, 2.24) is 24.6 Å². The highest BCUT2D eigenvalue weighted by atomic mass is 31.2. The number of hydrogen-bond acceptors (Lipinski definition) is 12. The Morgan fingerprint density at radius 3 is 2.47 bits per heavy atom. The van der Waals surface area contributed by atoms with Gasteiger partial charge in [-0.3, -0.25) is 23.7 Å². The summed E-state index contributed by atoms with van der Waals surface area (Å²) in [5, 5.41) is 23.1. The number of nitrogen functional groups attached to an aromatic ring is 1. The highest BCUT2D eigenvalue weighted by molar-refractivity contribution is 7.52. The maximum absolute atomic E-state index is 13.9. The molecule has 2 heterocycles. The van der Waals surface area contributed by atoms with Crippen LogP contribution in [0, 0.1) is 0 Å². The summed E-state index contributed by atoms with van der Waals surface area (Å²) in [7, 11) is -4.30. The minimum atomic E-state index is -4.30. The zero-order chi connectivity index (χ0) is 31.0. The second kappa shape index (κ2) is 14.4. The number of H-pyrrole nitrogens is 1. The lowest BCUT2D eigenvalue weighted by atomic mass is 10.2. The number of nitrogens with one attached hydrogen (secondary N) is 2. The number of anilines is 1. The monoisotopic (exact) mass is 616 g/mol. The molecule has 0 saturated heterocycles. The Morgan fingerprint density at radius 1 is 1.14 bits per heavy atom. The largest absolute Gasteiger partial charge is 0.460 e. The Kier molecular flexibility index (Phi) is 10.6. The van der Waals surface area contributed by atoms with E-state index < -0.39 is 57.0 Å². The summed E-state index contributed by atoms with van der Waals surface area (Å²) in [6.45, 7) is 1.71. The van der Waals surface area contributed by atoms with Crippen molar-refractivity contribution >= 4 is 30.8 Å². The molecule has 4 aromatic rings. The molecule has 0 aliphatic rings. The van der Waals surface area contributed by atoms with Gasteiger partial charge in [-0.05, 0) is 31.5 Å². The molecule has 0 bridgehead atoms. The van der Waals surface area contributed by atoms with Gasteiger partial charge in [0.2, 0.25) is 5.95 Å². The zero-order valence-electron chi connectivity index (χ0n) is 23.4. The maximum Gasteiger partial charge on any atom is 0.459 e. The smallest absolute Gasteiger partial charge is 0.459 e.